The Balaban J connectivity index is 1.83. The molecule has 0 aliphatic carbocycles. The molecular weight excluding hydrogens is 367 g/mol. The summed E-state index contributed by atoms with van der Waals surface area (Å²) in [7, 11) is 0. The number of para-hydroxylation sites is 1. The van der Waals surface area contributed by atoms with Gasteiger partial charge in [0.05, 0.1) is 16.8 Å². The van der Waals surface area contributed by atoms with Gasteiger partial charge in [0.2, 0.25) is 11.8 Å². The molecule has 0 heterocycles. The van der Waals surface area contributed by atoms with Crippen LogP contribution in [0.25, 0.3) is 0 Å². The van der Waals surface area contributed by atoms with Crippen molar-refractivity contribution in [2.45, 2.75) is 17.1 Å². The van der Waals surface area contributed by atoms with Crippen molar-refractivity contribution in [2.24, 2.45) is 0 Å². The van der Waals surface area contributed by atoms with Crippen LogP contribution < -0.4 is 10.6 Å². The van der Waals surface area contributed by atoms with Crippen LogP contribution in [0.5, 0.6) is 0 Å². The first-order chi connectivity index (χ1) is 11.5. The van der Waals surface area contributed by atoms with E-state index < -0.39 is 5.25 Å². The minimum Gasteiger partial charge on any atom is -0.346 e. The molecule has 0 aliphatic rings. The van der Waals surface area contributed by atoms with Crippen LogP contribution in [0.1, 0.15) is 6.92 Å². The molecule has 0 spiro atoms. The topological polar surface area (TPSA) is 58.2 Å². The number of rotatable bonds is 6. The van der Waals surface area contributed by atoms with E-state index in [1.807, 2.05) is 18.2 Å². The second kappa shape index (κ2) is 8.97. The van der Waals surface area contributed by atoms with E-state index in [1.54, 1.807) is 37.3 Å². The maximum Gasteiger partial charge on any atom is 0.243 e. The molecule has 0 bridgehead atoms. The Kier molecular flexibility index (Phi) is 6.97. The Morgan fingerprint density at radius 1 is 1.12 bits per heavy atom. The fraction of sp³-hybridized carbons (Fsp3) is 0.176. The third-order valence-corrected chi connectivity index (χ3v) is 4.88. The van der Waals surface area contributed by atoms with E-state index >= 15 is 0 Å². The highest BCUT2D eigenvalue weighted by molar-refractivity contribution is 8.00. The van der Waals surface area contributed by atoms with Crippen LogP contribution in [0.2, 0.25) is 10.0 Å². The molecule has 4 nitrogen and oxygen atoms in total. The van der Waals surface area contributed by atoms with Gasteiger partial charge in [0, 0.05) is 15.6 Å². The molecule has 7 heteroatoms. The minimum atomic E-state index is -0.412. The Hall–Kier alpha value is -1.69. The smallest absolute Gasteiger partial charge is 0.243 e. The van der Waals surface area contributed by atoms with Gasteiger partial charge in [-0.1, -0.05) is 41.4 Å². The van der Waals surface area contributed by atoms with Crippen LogP contribution in [0.15, 0.2) is 53.4 Å². The molecule has 0 aromatic heterocycles. The highest BCUT2D eigenvalue weighted by atomic mass is 35.5. The Morgan fingerprint density at radius 3 is 2.54 bits per heavy atom. The molecule has 24 heavy (non-hydrogen) atoms. The van der Waals surface area contributed by atoms with Crippen LogP contribution in [-0.2, 0) is 9.59 Å². The highest BCUT2D eigenvalue weighted by Gasteiger charge is 2.17. The molecule has 1 unspecified atom stereocenters. The molecule has 2 amide bonds. The first-order valence-electron chi connectivity index (χ1n) is 7.20. The number of anilines is 1. The Morgan fingerprint density at radius 2 is 1.83 bits per heavy atom. The number of carbonyl (C=O) groups excluding carboxylic acids is 2. The molecular formula is C17H16Cl2N2O2S. The van der Waals surface area contributed by atoms with Crippen LogP contribution >= 0.6 is 35.0 Å². The van der Waals surface area contributed by atoms with E-state index in [9.17, 15) is 9.59 Å². The lowest BCUT2D eigenvalue weighted by atomic mass is 10.3. The first-order valence-corrected chi connectivity index (χ1v) is 8.83. The lowest BCUT2D eigenvalue weighted by molar-refractivity contribution is -0.123. The van der Waals surface area contributed by atoms with Crippen molar-refractivity contribution < 1.29 is 9.59 Å². The number of carbonyl (C=O) groups is 2. The lowest BCUT2D eigenvalue weighted by Crippen LogP contribution is -2.37. The van der Waals surface area contributed by atoms with Gasteiger partial charge in [-0.05, 0) is 37.3 Å². The van der Waals surface area contributed by atoms with Crippen molar-refractivity contribution in [3.63, 3.8) is 0 Å². The predicted octanol–water partition coefficient (Wildman–Crippen LogP) is 4.23. The van der Waals surface area contributed by atoms with Crippen molar-refractivity contribution in [1.29, 1.82) is 0 Å². The van der Waals surface area contributed by atoms with E-state index in [1.165, 1.54) is 11.8 Å². The van der Waals surface area contributed by atoms with E-state index in [-0.39, 0.29) is 18.4 Å². The fourth-order valence-corrected chi connectivity index (χ4v) is 3.28. The van der Waals surface area contributed by atoms with Crippen LogP contribution in [0.4, 0.5) is 5.69 Å². The van der Waals surface area contributed by atoms with Crippen LogP contribution in [0.3, 0.4) is 0 Å². The number of thioether (sulfide) groups is 1. The minimum absolute atomic E-state index is 0.0953. The van der Waals surface area contributed by atoms with Gasteiger partial charge in [0.15, 0.2) is 0 Å². The van der Waals surface area contributed by atoms with Gasteiger partial charge in [0.25, 0.3) is 0 Å². The maximum atomic E-state index is 12.1. The highest BCUT2D eigenvalue weighted by Crippen LogP contribution is 2.32. The standard InChI is InChI=1S/C17H16Cl2N2O2S/c1-11(24-15-9-12(18)7-8-14(15)19)17(23)20-10-16(22)21-13-5-3-2-4-6-13/h2-9,11H,10H2,1H3,(H,20,23)(H,21,22). The lowest BCUT2D eigenvalue weighted by Gasteiger charge is -2.13. The normalized spacial score (nSPS) is 11.6. The summed E-state index contributed by atoms with van der Waals surface area (Å²) in [5, 5.41) is 5.99. The van der Waals surface area contributed by atoms with Gasteiger partial charge < -0.3 is 10.6 Å². The average Bonchev–Trinajstić information content (AvgIpc) is 2.57. The molecule has 0 saturated heterocycles. The fourth-order valence-electron chi connectivity index (χ4n) is 1.85. The SMILES string of the molecule is CC(Sc1cc(Cl)ccc1Cl)C(=O)NCC(=O)Nc1ccccc1. The maximum absolute atomic E-state index is 12.1. The third-order valence-electron chi connectivity index (χ3n) is 3.05. The summed E-state index contributed by atoms with van der Waals surface area (Å²) in [6, 6.07) is 14.1. The molecule has 2 rings (SSSR count). The van der Waals surface area contributed by atoms with Crippen molar-refractivity contribution in [3.05, 3.63) is 58.6 Å². The summed E-state index contributed by atoms with van der Waals surface area (Å²) in [5.41, 5.74) is 0.685. The van der Waals surface area contributed by atoms with Gasteiger partial charge in [-0.25, -0.2) is 0 Å². The molecule has 0 saturated carbocycles. The number of hydrogen-bond acceptors (Lipinski definition) is 3. The summed E-state index contributed by atoms with van der Waals surface area (Å²) in [6.45, 7) is 1.65. The van der Waals surface area contributed by atoms with Crippen LogP contribution in [-0.4, -0.2) is 23.6 Å². The van der Waals surface area contributed by atoms with E-state index in [2.05, 4.69) is 10.6 Å². The number of hydrogen-bond donors (Lipinski definition) is 2. The largest absolute Gasteiger partial charge is 0.346 e. The summed E-state index contributed by atoms with van der Waals surface area (Å²) in [5.74, 6) is -0.535. The van der Waals surface area contributed by atoms with Crippen molar-refractivity contribution in [2.75, 3.05) is 11.9 Å². The zero-order valence-electron chi connectivity index (χ0n) is 12.9. The Bertz CT molecular complexity index is 726. The van der Waals surface area contributed by atoms with Gasteiger partial charge in [-0.2, -0.15) is 0 Å². The van der Waals surface area contributed by atoms with E-state index in [0.29, 0.717) is 15.7 Å². The Labute approximate surface area is 154 Å². The molecule has 2 aromatic carbocycles. The van der Waals surface area contributed by atoms with Gasteiger partial charge >= 0.3 is 0 Å². The quantitative estimate of drug-likeness (QED) is 0.734. The van der Waals surface area contributed by atoms with Crippen LogP contribution in [0, 0.1) is 0 Å². The van der Waals surface area contributed by atoms with Crippen molar-refractivity contribution >= 4 is 52.5 Å². The van der Waals surface area contributed by atoms with Gasteiger partial charge in [0.1, 0.15) is 0 Å². The van der Waals surface area contributed by atoms with Gasteiger partial charge in [-0.3, -0.25) is 9.59 Å². The number of halogens is 2. The molecule has 126 valence electrons. The second-order valence-electron chi connectivity index (χ2n) is 4.97. The molecule has 0 aliphatic heterocycles. The van der Waals surface area contributed by atoms with Crippen molar-refractivity contribution in [3.8, 4) is 0 Å². The monoisotopic (exact) mass is 382 g/mol. The van der Waals surface area contributed by atoms with Gasteiger partial charge in [-0.15, -0.1) is 11.8 Å². The number of nitrogens with one attached hydrogen (secondary N) is 2. The molecule has 0 radical (unpaired) electrons. The number of benzene rings is 2. The average molecular weight is 383 g/mol. The van der Waals surface area contributed by atoms with Crippen molar-refractivity contribution in [1.82, 2.24) is 5.32 Å². The predicted molar refractivity (Wildman–Crippen MR) is 99.9 cm³/mol. The molecule has 2 aromatic rings. The zero-order valence-corrected chi connectivity index (χ0v) is 15.2. The summed E-state index contributed by atoms with van der Waals surface area (Å²) >= 11 is 13.3. The summed E-state index contributed by atoms with van der Waals surface area (Å²) in [6.07, 6.45) is 0. The third kappa shape index (κ3) is 5.74. The zero-order chi connectivity index (χ0) is 17.5. The molecule has 1 atom stereocenters. The van der Waals surface area contributed by atoms with E-state index in [0.717, 1.165) is 4.90 Å². The van der Waals surface area contributed by atoms with E-state index in [4.69, 9.17) is 23.2 Å². The molecule has 0 fully saturated rings. The summed E-state index contributed by atoms with van der Waals surface area (Å²) in [4.78, 5) is 24.7. The summed E-state index contributed by atoms with van der Waals surface area (Å²) < 4.78 is 0. The number of amides is 2. The first kappa shape index (κ1) is 18.6. The second-order valence-corrected chi connectivity index (χ2v) is 7.19. The molecule has 2 N–H and O–H groups in total.